The maximum atomic E-state index is 14.5. The summed E-state index contributed by atoms with van der Waals surface area (Å²) in [5.41, 5.74) is 7.62. The Morgan fingerprint density at radius 1 is 1.29 bits per heavy atom. The van der Waals surface area contributed by atoms with Gasteiger partial charge in [-0.2, -0.15) is 0 Å². The van der Waals surface area contributed by atoms with Crippen LogP contribution in [-0.4, -0.2) is 49.7 Å². The highest BCUT2D eigenvalue weighted by atomic mass is 35.5. The molecule has 5 nitrogen and oxygen atoms in total. The molecule has 2 N–H and O–H groups in total. The molecule has 1 unspecified atom stereocenters. The van der Waals surface area contributed by atoms with Crippen LogP contribution in [0.5, 0.6) is 0 Å². The molecule has 0 aromatic heterocycles. The van der Waals surface area contributed by atoms with Crippen LogP contribution < -0.4 is 10.6 Å². The van der Waals surface area contributed by atoms with Gasteiger partial charge < -0.3 is 20.3 Å². The van der Waals surface area contributed by atoms with E-state index in [-0.39, 0.29) is 17.8 Å². The summed E-state index contributed by atoms with van der Waals surface area (Å²) in [6.07, 6.45) is 2.86. The Morgan fingerprint density at radius 2 is 2.03 bits per heavy atom. The molecule has 1 saturated heterocycles. The van der Waals surface area contributed by atoms with Gasteiger partial charge in [0, 0.05) is 48.0 Å². The predicted octanol–water partition coefficient (Wildman–Crippen LogP) is 4.47. The number of nitrogens with zero attached hydrogens (tertiary/aromatic N) is 2. The van der Waals surface area contributed by atoms with Crippen molar-refractivity contribution in [3.8, 4) is 0 Å². The lowest BCUT2D eigenvalue weighted by Gasteiger charge is -2.42. The standard InChI is InChI=1S/C24H31ClFN3O2/c1-17(8-11-27)28-12-9-21(10-13-28)29(16-19-14-20(25)6-7-23(19)26)22-5-3-4-18(15-22)24(30)31-2/h3-7,14-15,17,21H,8-13,16,27H2,1-2H3. The molecule has 7 heteroatoms. The lowest BCUT2D eigenvalue weighted by Crippen LogP contribution is -2.48. The van der Waals surface area contributed by atoms with E-state index in [0.29, 0.717) is 35.3 Å². The number of methoxy groups -OCH3 is 1. The van der Waals surface area contributed by atoms with Crippen molar-refractivity contribution in [2.24, 2.45) is 5.73 Å². The molecule has 1 fully saturated rings. The number of nitrogens with two attached hydrogens (primary N) is 1. The van der Waals surface area contributed by atoms with E-state index in [4.69, 9.17) is 22.1 Å². The van der Waals surface area contributed by atoms with Crippen molar-refractivity contribution < 1.29 is 13.9 Å². The third kappa shape index (κ3) is 5.97. The summed E-state index contributed by atoms with van der Waals surface area (Å²) in [5, 5.41) is 0.505. The number of hydrogen-bond donors (Lipinski definition) is 1. The van der Waals surface area contributed by atoms with E-state index in [9.17, 15) is 9.18 Å². The van der Waals surface area contributed by atoms with Gasteiger partial charge in [-0.15, -0.1) is 0 Å². The zero-order chi connectivity index (χ0) is 22.4. The molecule has 1 atom stereocenters. The average Bonchev–Trinajstić information content (AvgIpc) is 2.79. The van der Waals surface area contributed by atoms with Crippen molar-refractivity contribution >= 4 is 23.3 Å². The SMILES string of the molecule is COC(=O)c1cccc(N(Cc2cc(Cl)ccc2F)C2CCN(C(C)CCN)CC2)c1. The van der Waals surface area contributed by atoms with Gasteiger partial charge >= 0.3 is 5.97 Å². The average molecular weight is 448 g/mol. The maximum Gasteiger partial charge on any atom is 0.337 e. The van der Waals surface area contributed by atoms with Gasteiger partial charge in [-0.1, -0.05) is 17.7 Å². The van der Waals surface area contributed by atoms with Crippen LogP contribution in [0.15, 0.2) is 42.5 Å². The minimum Gasteiger partial charge on any atom is -0.465 e. The van der Waals surface area contributed by atoms with E-state index >= 15 is 0 Å². The number of anilines is 1. The molecular weight excluding hydrogens is 417 g/mol. The highest BCUT2D eigenvalue weighted by molar-refractivity contribution is 6.30. The predicted molar refractivity (Wildman–Crippen MR) is 123 cm³/mol. The number of ether oxygens (including phenoxy) is 1. The first-order valence-corrected chi connectivity index (χ1v) is 11.1. The van der Waals surface area contributed by atoms with Crippen LogP contribution in [0.4, 0.5) is 10.1 Å². The van der Waals surface area contributed by atoms with Crippen molar-refractivity contribution in [3.63, 3.8) is 0 Å². The molecule has 1 aliphatic rings. The van der Waals surface area contributed by atoms with Gasteiger partial charge in [0.1, 0.15) is 5.82 Å². The van der Waals surface area contributed by atoms with Gasteiger partial charge in [0.2, 0.25) is 0 Å². The number of carbonyl (C=O) groups is 1. The van der Waals surface area contributed by atoms with Crippen molar-refractivity contribution in [2.45, 2.75) is 44.8 Å². The fourth-order valence-electron chi connectivity index (χ4n) is 4.27. The highest BCUT2D eigenvalue weighted by Crippen LogP contribution is 2.29. The van der Waals surface area contributed by atoms with E-state index in [2.05, 4.69) is 16.7 Å². The molecule has 0 spiro atoms. The van der Waals surface area contributed by atoms with E-state index < -0.39 is 0 Å². The van der Waals surface area contributed by atoms with Gasteiger partial charge in [0.05, 0.1) is 12.7 Å². The fourth-order valence-corrected chi connectivity index (χ4v) is 4.47. The van der Waals surface area contributed by atoms with Gasteiger partial charge in [-0.25, -0.2) is 9.18 Å². The van der Waals surface area contributed by atoms with E-state index in [1.54, 1.807) is 18.2 Å². The number of benzene rings is 2. The summed E-state index contributed by atoms with van der Waals surface area (Å²) >= 11 is 6.14. The molecule has 0 amide bonds. The minimum absolute atomic E-state index is 0.215. The molecular formula is C24H31ClFN3O2. The molecule has 0 radical (unpaired) electrons. The number of hydrogen-bond acceptors (Lipinski definition) is 5. The van der Waals surface area contributed by atoms with Gasteiger partial charge in [0.25, 0.3) is 0 Å². The van der Waals surface area contributed by atoms with Crippen LogP contribution in [0.3, 0.4) is 0 Å². The summed E-state index contributed by atoms with van der Waals surface area (Å²) in [7, 11) is 1.37. The topological polar surface area (TPSA) is 58.8 Å². The second kappa shape index (κ2) is 10.9. The fraction of sp³-hybridized carbons (Fsp3) is 0.458. The molecule has 0 aliphatic carbocycles. The first-order valence-electron chi connectivity index (χ1n) is 10.8. The summed E-state index contributed by atoms with van der Waals surface area (Å²) in [6, 6.07) is 12.6. The van der Waals surface area contributed by atoms with Crippen molar-refractivity contribution in [1.82, 2.24) is 4.90 Å². The molecule has 3 rings (SSSR count). The first-order chi connectivity index (χ1) is 14.9. The molecule has 31 heavy (non-hydrogen) atoms. The Morgan fingerprint density at radius 3 is 2.71 bits per heavy atom. The second-order valence-corrected chi connectivity index (χ2v) is 8.54. The summed E-state index contributed by atoms with van der Waals surface area (Å²) in [6.45, 7) is 5.18. The number of rotatable bonds is 8. The zero-order valence-electron chi connectivity index (χ0n) is 18.2. The number of piperidine rings is 1. The highest BCUT2D eigenvalue weighted by Gasteiger charge is 2.28. The minimum atomic E-state index is -0.388. The Balaban J connectivity index is 1.87. The maximum absolute atomic E-state index is 14.5. The third-order valence-corrected chi connectivity index (χ3v) is 6.33. The number of carbonyl (C=O) groups excluding carboxylic acids is 1. The summed E-state index contributed by atoms with van der Waals surface area (Å²) in [4.78, 5) is 16.7. The number of halogens is 2. The van der Waals surface area contributed by atoms with Crippen molar-refractivity contribution in [1.29, 1.82) is 0 Å². The lowest BCUT2D eigenvalue weighted by molar-refractivity contribution is 0.0600. The Labute approximate surface area is 188 Å². The van der Waals surface area contributed by atoms with Crippen LogP contribution >= 0.6 is 11.6 Å². The van der Waals surface area contributed by atoms with E-state index in [1.165, 1.54) is 13.2 Å². The van der Waals surface area contributed by atoms with Gasteiger partial charge in [-0.05, 0) is 69.1 Å². The largest absolute Gasteiger partial charge is 0.465 e. The molecule has 0 saturated carbocycles. The number of esters is 1. The van der Waals surface area contributed by atoms with Crippen LogP contribution in [-0.2, 0) is 11.3 Å². The Hall–Kier alpha value is -2.15. The van der Waals surface area contributed by atoms with Crippen molar-refractivity contribution in [2.75, 3.05) is 31.6 Å². The third-order valence-electron chi connectivity index (χ3n) is 6.09. The normalized spacial score (nSPS) is 16.2. The Bertz CT molecular complexity index is 887. The van der Waals surface area contributed by atoms with Crippen LogP contribution in [0.2, 0.25) is 5.02 Å². The molecule has 168 valence electrons. The number of likely N-dealkylation sites (tertiary alicyclic amines) is 1. The van der Waals surface area contributed by atoms with Crippen molar-refractivity contribution in [3.05, 3.63) is 64.4 Å². The molecule has 1 aliphatic heterocycles. The summed E-state index contributed by atoms with van der Waals surface area (Å²) in [5.74, 6) is -0.673. The van der Waals surface area contributed by atoms with Crippen LogP contribution in [0.25, 0.3) is 0 Å². The van der Waals surface area contributed by atoms with E-state index in [0.717, 1.165) is 38.0 Å². The zero-order valence-corrected chi connectivity index (χ0v) is 18.9. The van der Waals surface area contributed by atoms with Crippen LogP contribution in [0.1, 0.15) is 42.1 Å². The molecule has 2 aromatic carbocycles. The second-order valence-electron chi connectivity index (χ2n) is 8.10. The van der Waals surface area contributed by atoms with Crippen LogP contribution in [0, 0.1) is 5.82 Å². The van der Waals surface area contributed by atoms with E-state index in [1.807, 2.05) is 18.2 Å². The first kappa shape index (κ1) is 23.5. The monoisotopic (exact) mass is 447 g/mol. The molecule has 0 bridgehead atoms. The smallest absolute Gasteiger partial charge is 0.337 e. The molecule has 2 aromatic rings. The quantitative estimate of drug-likeness (QED) is 0.605. The van der Waals surface area contributed by atoms with Gasteiger partial charge in [0.15, 0.2) is 0 Å². The lowest BCUT2D eigenvalue weighted by atomic mass is 9.99. The van der Waals surface area contributed by atoms with Gasteiger partial charge in [-0.3, -0.25) is 0 Å². The Kier molecular flexibility index (Phi) is 8.29. The molecule has 1 heterocycles. The summed E-state index contributed by atoms with van der Waals surface area (Å²) < 4.78 is 19.4.